The van der Waals surface area contributed by atoms with Gasteiger partial charge in [-0.1, -0.05) is 5.10 Å². The number of hydrazine groups is 2. The standard InChI is InChI=1S/C2HN5O4.CH7N5/c8-6(9)1-3-2(5-4-1)7(10)11;2-1(3)6(4)5/h(H,3,4,5);4-5H2,(H3,2,3). The van der Waals surface area contributed by atoms with E-state index < -0.39 is 21.7 Å². The fourth-order valence-corrected chi connectivity index (χ4v) is 0.408. The Morgan fingerprint density at radius 2 is 1.82 bits per heavy atom. The van der Waals surface area contributed by atoms with Crippen LogP contribution in [0.25, 0.3) is 0 Å². The van der Waals surface area contributed by atoms with Crippen LogP contribution in [0.3, 0.4) is 0 Å². The van der Waals surface area contributed by atoms with Crippen LogP contribution < -0.4 is 17.4 Å². The van der Waals surface area contributed by atoms with Crippen LogP contribution in [0.1, 0.15) is 0 Å². The van der Waals surface area contributed by atoms with Gasteiger partial charge in [-0.25, -0.2) is 16.8 Å². The smallest absolute Gasteiger partial charge is 0.390 e. The van der Waals surface area contributed by atoms with Crippen LogP contribution in [-0.2, 0) is 0 Å². The number of rotatable bonds is 2. The molecule has 0 aliphatic carbocycles. The van der Waals surface area contributed by atoms with Crippen LogP contribution in [0.2, 0.25) is 0 Å². The van der Waals surface area contributed by atoms with Crippen molar-refractivity contribution in [3.63, 3.8) is 0 Å². The Hall–Kier alpha value is -2.87. The van der Waals surface area contributed by atoms with Crippen molar-refractivity contribution >= 4 is 17.9 Å². The van der Waals surface area contributed by atoms with Crippen LogP contribution in [0.4, 0.5) is 11.9 Å². The molecular formula is C3H8N10O4. The second kappa shape index (κ2) is 5.88. The number of hydrogen-bond acceptors (Lipinski definition) is 9. The minimum absolute atomic E-state index is 0.352. The quantitative estimate of drug-likeness (QED) is 0.122. The third-order valence-electron chi connectivity index (χ3n) is 1.08. The predicted octanol–water partition coefficient (Wildman–Crippen LogP) is -2.45. The highest BCUT2D eigenvalue weighted by molar-refractivity contribution is 5.72. The van der Waals surface area contributed by atoms with E-state index in [-0.39, 0.29) is 5.96 Å². The predicted molar refractivity (Wildman–Crippen MR) is 51.8 cm³/mol. The first-order chi connectivity index (χ1) is 7.75. The Kier molecular flexibility index (Phi) is 4.89. The maximum Gasteiger partial charge on any atom is 0.508 e. The number of aromatic amines is 1. The molecule has 0 unspecified atom stereocenters. The Bertz CT molecular complexity index is 394. The molecule has 1 aromatic heterocycles. The molecule has 0 spiro atoms. The largest absolute Gasteiger partial charge is 0.508 e. The van der Waals surface area contributed by atoms with Crippen LogP contribution in [-0.4, -0.2) is 36.1 Å². The van der Waals surface area contributed by atoms with E-state index in [4.69, 9.17) is 22.8 Å². The molecule has 0 saturated carbocycles. The molecule has 8 N–H and O–H groups in total. The number of nitro groups is 2. The Balaban J connectivity index is 0.000000366. The van der Waals surface area contributed by atoms with Gasteiger partial charge in [0.25, 0.3) is 0 Å². The SMILES string of the molecule is N=C(N)N(N)N.O=[N+]([O-])c1n[nH]c([N+](=O)[O-])n1. The molecule has 0 aliphatic rings. The zero-order chi connectivity index (χ0) is 13.6. The van der Waals surface area contributed by atoms with E-state index in [0.717, 1.165) is 0 Å². The van der Waals surface area contributed by atoms with E-state index in [2.05, 4.69) is 10.1 Å². The average Bonchev–Trinajstić information content (AvgIpc) is 2.66. The molecule has 0 fully saturated rings. The minimum Gasteiger partial charge on any atom is -0.390 e. The molecule has 0 bridgehead atoms. The molecule has 17 heavy (non-hydrogen) atoms. The molecule has 14 heteroatoms. The van der Waals surface area contributed by atoms with Gasteiger partial charge in [-0.2, -0.15) is 0 Å². The zero-order valence-electron chi connectivity index (χ0n) is 8.10. The monoisotopic (exact) mass is 248 g/mol. The highest BCUT2D eigenvalue weighted by Gasteiger charge is 2.20. The van der Waals surface area contributed by atoms with Gasteiger partial charge in [-0.15, -0.1) is 0 Å². The lowest BCUT2D eigenvalue weighted by Crippen LogP contribution is -2.47. The van der Waals surface area contributed by atoms with Gasteiger partial charge < -0.3 is 26.0 Å². The van der Waals surface area contributed by atoms with E-state index in [1.54, 1.807) is 5.10 Å². The van der Waals surface area contributed by atoms with Gasteiger partial charge >= 0.3 is 11.9 Å². The van der Waals surface area contributed by atoms with E-state index in [1.807, 2.05) is 0 Å². The average molecular weight is 248 g/mol. The van der Waals surface area contributed by atoms with E-state index >= 15 is 0 Å². The van der Waals surface area contributed by atoms with Gasteiger partial charge in [-0.05, 0) is 9.85 Å². The topological polar surface area (TPSA) is 233 Å². The fourth-order valence-electron chi connectivity index (χ4n) is 0.408. The Labute approximate surface area is 92.1 Å². The molecule has 0 aromatic carbocycles. The van der Waals surface area contributed by atoms with Crippen molar-refractivity contribution < 1.29 is 9.85 Å². The lowest BCUT2D eigenvalue weighted by Gasteiger charge is -2.04. The first kappa shape index (κ1) is 14.1. The summed E-state index contributed by atoms with van der Waals surface area (Å²) in [4.78, 5) is 20.9. The second-order valence-electron chi connectivity index (χ2n) is 2.27. The minimum atomic E-state index is -0.927. The Morgan fingerprint density at radius 3 is 2.00 bits per heavy atom. The van der Waals surface area contributed by atoms with Crippen molar-refractivity contribution in [3.05, 3.63) is 20.2 Å². The number of nitrogens with zero attached hydrogens (tertiary/aromatic N) is 5. The molecular weight excluding hydrogens is 240 g/mol. The summed E-state index contributed by atoms with van der Waals surface area (Å²) in [5.41, 5.74) is 4.69. The molecule has 0 amide bonds. The summed E-state index contributed by atoms with van der Waals surface area (Å²) in [6.45, 7) is 0. The van der Waals surface area contributed by atoms with Crippen LogP contribution in [0.5, 0.6) is 0 Å². The summed E-state index contributed by atoms with van der Waals surface area (Å²) >= 11 is 0. The summed E-state index contributed by atoms with van der Waals surface area (Å²) in [5.74, 6) is 7.49. The third-order valence-corrected chi connectivity index (χ3v) is 1.08. The van der Waals surface area contributed by atoms with Crippen LogP contribution >= 0.6 is 0 Å². The Morgan fingerprint density at radius 1 is 1.35 bits per heavy atom. The molecule has 1 aromatic rings. The maximum atomic E-state index is 9.89. The normalized spacial score (nSPS) is 8.82. The molecule has 0 radical (unpaired) electrons. The summed E-state index contributed by atoms with van der Waals surface area (Å²) in [6.07, 6.45) is 0. The van der Waals surface area contributed by atoms with E-state index in [9.17, 15) is 20.2 Å². The van der Waals surface area contributed by atoms with E-state index in [0.29, 0.717) is 5.12 Å². The molecule has 0 atom stereocenters. The van der Waals surface area contributed by atoms with Gasteiger partial charge in [0, 0.05) is 4.98 Å². The number of hydrogen-bond donors (Lipinski definition) is 5. The summed E-state index contributed by atoms with van der Waals surface area (Å²) in [7, 11) is 0. The second-order valence-corrected chi connectivity index (χ2v) is 2.27. The van der Waals surface area contributed by atoms with Crippen molar-refractivity contribution in [3.8, 4) is 0 Å². The van der Waals surface area contributed by atoms with Gasteiger partial charge in [0.2, 0.25) is 5.96 Å². The number of guanidine groups is 1. The summed E-state index contributed by atoms with van der Waals surface area (Å²) in [5, 5.41) is 31.4. The number of H-pyrrole nitrogens is 1. The molecule has 1 heterocycles. The van der Waals surface area contributed by atoms with Crippen molar-refractivity contribution in [2.75, 3.05) is 0 Å². The first-order valence-corrected chi connectivity index (χ1v) is 3.60. The molecule has 0 aliphatic heterocycles. The summed E-state index contributed by atoms with van der Waals surface area (Å²) in [6, 6.07) is 0. The molecule has 14 nitrogen and oxygen atoms in total. The van der Waals surface area contributed by atoms with Crippen molar-refractivity contribution in [1.29, 1.82) is 5.41 Å². The zero-order valence-corrected chi connectivity index (χ0v) is 8.10. The van der Waals surface area contributed by atoms with Gasteiger partial charge in [-0.3, -0.25) is 5.41 Å². The van der Waals surface area contributed by atoms with Gasteiger partial charge in [0.05, 0.1) is 5.10 Å². The lowest BCUT2D eigenvalue weighted by atomic mass is 11.0. The van der Waals surface area contributed by atoms with E-state index in [1.165, 1.54) is 0 Å². The number of nitrogens with two attached hydrogens (primary N) is 3. The summed E-state index contributed by atoms with van der Waals surface area (Å²) < 4.78 is 0. The third kappa shape index (κ3) is 4.95. The fraction of sp³-hybridized carbons (Fsp3) is 0. The van der Waals surface area contributed by atoms with Gasteiger partial charge in [0.15, 0.2) is 0 Å². The van der Waals surface area contributed by atoms with Crippen LogP contribution in [0, 0.1) is 25.6 Å². The number of nitrogens with one attached hydrogen (secondary N) is 2. The molecule has 94 valence electrons. The van der Waals surface area contributed by atoms with Crippen LogP contribution in [0.15, 0.2) is 0 Å². The molecule has 0 saturated heterocycles. The highest BCUT2D eigenvalue weighted by Crippen LogP contribution is 2.06. The van der Waals surface area contributed by atoms with Crippen molar-refractivity contribution in [1.82, 2.24) is 20.3 Å². The number of aromatic nitrogens is 3. The van der Waals surface area contributed by atoms with Crippen molar-refractivity contribution in [2.24, 2.45) is 17.4 Å². The molecule has 1 rings (SSSR count). The lowest BCUT2D eigenvalue weighted by molar-refractivity contribution is -0.403. The van der Waals surface area contributed by atoms with Gasteiger partial charge in [0.1, 0.15) is 0 Å². The van der Waals surface area contributed by atoms with Crippen molar-refractivity contribution in [2.45, 2.75) is 0 Å². The highest BCUT2D eigenvalue weighted by atomic mass is 16.6. The first-order valence-electron chi connectivity index (χ1n) is 3.60. The maximum absolute atomic E-state index is 9.89.